The first-order chi connectivity index (χ1) is 11.6. The lowest BCUT2D eigenvalue weighted by atomic mass is 10.1. The summed E-state index contributed by atoms with van der Waals surface area (Å²) in [7, 11) is 5.65. The highest BCUT2D eigenvalue weighted by molar-refractivity contribution is 5.45. The standard InChI is InChI=1S/C17H25N5O2/c1-12(13-6-8-24-11-13)19-14-9-22(10-15(14)23-4)16-5-7-18-17(20-16)21(2)3/h5-8,11-12,14-15,19H,9-10H2,1-4H3/t12?,14-,15+/m0/s1. The molecule has 3 rings (SSSR count). The molecule has 0 saturated carbocycles. The van der Waals surface area contributed by atoms with Crippen LogP contribution in [0.1, 0.15) is 18.5 Å². The van der Waals surface area contributed by atoms with Crippen molar-refractivity contribution in [3.63, 3.8) is 0 Å². The van der Waals surface area contributed by atoms with Gasteiger partial charge < -0.3 is 24.3 Å². The van der Waals surface area contributed by atoms with Crippen LogP contribution in [-0.2, 0) is 4.74 Å². The maximum atomic E-state index is 5.69. The molecule has 0 radical (unpaired) electrons. The molecular weight excluding hydrogens is 306 g/mol. The first-order valence-corrected chi connectivity index (χ1v) is 8.14. The minimum absolute atomic E-state index is 0.108. The van der Waals surface area contributed by atoms with Gasteiger partial charge in [0.2, 0.25) is 5.95 Å². The first-order valence-electron chi connectivity index (χ1n) is 8.14. The Balaban J connectivity index is 1.71. The SMILES string of the molecule is CO[C@@H]1CN(c2ccnc(N(C)C)n2)C[C@@H]1NC(C)c1ccoc1. The Hall–Kier alpha value is -2.12. The van der Waals surface area contributed by atoms with Gasteiger partial charge in [0.25, 0.3) is 0 Å². The molecule has 0 aliphatic carbocycles. The molecule has 0 aromatic carbocycles. The topological polar surface area (TPSA) is 66.7 Å². The van der Waals surface area contributed by atoms with Gasteiger partial charge in [-0.15, -0.1) is 0 Å². The van der Waals surface area contributed by atoms with Gasteiger partial charge in [-0.3, -0.25) is 0 Å². The monoisotopic (exact) mass is 331 g/mol. The zero-order valence-corrected chi connectivity index (χ0v) is 14.6. The van der Waals surface area contributed by atoms with Crippen molar-refractivity contribution in [2.45, 2.75) is 25.1 Å². The van der Waals surface area contributed by atoms with Crippen molar-refractivity contribution in [1.29, 1.82) is 0 Å². The first kappa shape index (κ1) is 16.7. The number of rotatable bonds is 6. The van der Waals surface area contributed by atoms with Gasteiger partial charge in [-0.25, -0.2) is 4.98 Å². The van der Waals surface area contributed by atoms with Crippen molar-refractivity contribution in [2.24, 2.45) is 0 Å². The van der Waals surface area contributed by atoms with E-state index in [-0.39, 0.29) is 18.2 Å². The predicted octanol–water partition coefficient (Wildman–Crippen LogP) is 1.69. The fraction of sp³-hybridized carbons (Fsp3) is 0.529. The van der Waals surface area contributed by atoms with Crippen molar-refractivity contribution in [3.05, 3.63) is 36.4 Å². The third-order valence-corrected chi connectivity index (χ3v) is 4.43. The van der Waals surface area contributed by atoms with Gasteiger partial charge in [0.15, 0.2) is 0 Å². The summed E-state index contributed by atoms with van der Waals surface area (Å²) in [5.74, 6) is 1.64. The number of aromatic nitrogens is 2. The minimum atomic E-state index is 0.108. The Morgan fingerprint density at radius 2 is 2.21 bits per heavy atom. The molecule has 2 aromatic rings. The molecule has 1 N–H and O–H groups in total. The normalized spacial score (nSPS) is 21.9. The molecule has 130 valence electrons. The Bertz CT molecular complexity index is 646. The van der Waals surface area contributed by atoms with Crippen molar-refractivity contribution < 1.29 is 9.15 Å². The van der Waals surface area contributed by atoms with E-state index in [9.17, 15) is 0 Å². The van der Waals surface area contributed by atoms with E-state index >= 15 is 0 Å². The van der Waals surface area contributed by atoms with E-state index in [1.54, 1.807) is 25.8 Å². The smallest absolute Gasteiger partial charge is 0.226 e. The molecule has 1 aliphatic heterocycles. The van der Waals surface area contributed by atoms with Crippen molar-refractivity contribution in [2.75, 3.05) is 44.1 Å². The molecule has 0 spiro atoms. The molecule has 2 aromatic heterocycles. The fourth-order valence-corrected chi connectivity index (χ4v) is 3.03. The highest BCUT2D eigenvalue weighted by Crippen LogP contribution is 2.23. The van der Waals surface area contributed by atoms with Crippen LogP contribution >= 0.6 is 0 Å². The number of hydrogen-bond donors (Lipinski definition) is 1. The summed E-state index contributed by atoms with van der Waals surface area (Å²) in [5.41, 5.74) is 1.14. The number of nitrogens with one attached hydrogen (secondary N) is 1. The number of methoxy groups -OCH3 is 1. The molecular formula is C17H25N5O2. The van der Waals surface area contributed by atoms with E-state index in [2.05, 4.69) is 27.1 Å². The number of furan rings is 1. The van der Waals surface area contributed by atoms with E-state index in [0.717, 1.165) is 24.5 Å². The molecule has 0 bridgehead atoms. The van der Waals surface area contributed by atoms with E-state index in [4.69, 9.17) is 9.15 Å². The lowest BCUT2D eigenvalue weighted by Gasteiger charge is -2.22. The molecule has 3 atom stereocenters. The van der Waals surface area contributed by atoms with Crippen molar-refractivity contribution in [1.82, 2.24) is 15.3 Å². The predicted molar refractivity (Wildman–Crippen MR) is 93.4 cm³/mol. The van der Waals surface area contributed by atoms with Crippen LogP contribution in [0.4, 0.5) is 11.8 Å². The average molecular weight is 331 g/mol. The third kappa shape index (κ3) is 3.52. The van der Waals surface area contributed by atoms with Crippen LogP contribution in [0.25, 0.3) is 0 Å². The summed E-state index contributed by atoms with van der Waals surface area (Å²) in [5, 5.41) is 3.64. The van der Waals surface area contributed by atoms with E-state index in [1.165, 1.54) is 0 Å². The largest absolute Gasteiger partial charge is 0.472 e. The second kappa shape index (κ2) is 7.19. The highest BCUT2D eigenvalue weighted by atomic mass is 16.5. The number of nitrogens with zero attached hydrogens (tertiary/aromatic N) is 4. The Morgan fingerprint density at radius 3 is 2.88 bits per heavy atom. The molecule has 1 unspecified atom stereocenters. The average Bonchev–Trinajstić information content (AvgIpc) is 3.24. The molecule has 24 heavy (non-hydrogen) atoms. The van der Waals surface area contributed by atoms with Gasteiger partial charge in [-0.1, -0.05) is 0 Å². The molecule has 1 aliphatic rings. The molecule has 0 amide bonds. The maximum Gasteiger partial charge on any atom is 0.226 e. The highest BCUT2D eigenvalue weighted by Gasteiger charge is 2.34. The van der Waals surface area contributed by atoms with E-state index in [1.807, 2.05) is 31.1 Å². The van der Waals surface area contributed by atoms with Gasteiger partial charge >= 0.3 is 0 Å². The van der Waals surface area contributed by atoms with Gasteiger partial charge in [-0.05, 0) is 19.1 Å². The van der Waals surface area contributed by atoms with Crippen LogP contribution in [0, 0.1) is 0 Å². The maximum absolute atomic E-state index is 5.69. The van der Waals surface area contributed by atoms with Gasteiger partial charge in [0.05, 0.1) is 24.7 Å². The van der Waals surface area contributed by atoms with Gasteiger partial charge in [-0.2, -0.15) is 4.98 Å². The summed E-state index contributed by atoms with van der Waals surface area (Å²) in [4.78, 5) is 13.1. The van der Waals surface area contributed by atoms with Crippen LogP contribution in [0.3, 0.4) is 0 Å². The number of ether oxygens (including phenoxy) is 1. The van der Waals surface area contributed by atoms with Crippen LogP contribution in [-0.4, -0.2) is 56.4 Å². The van der Waals surface area contributed by atoms with E-state index in [0.29, 0.717) is 5.95 Å². The summed E-state index contributed by atoms with van der Waals surface area (Å²) < 4.78 is 10.9. The lowest BCUT2D eigenvalue weighted by molar-refractivity contribution is 0.0938. The quantitative estimate of drug-likeness (QED) is 0.864. The van der Waals surface area contributed by atoms with Crippen LogP contribution in [0.15, 0.2) is 35.3 Å². The fourth-order valence-electron chi connectivity index (χ4n) is 3.03. The molecule has 3 heterocycles. The zero-order chi connectivity index (χ0) is 17.1. The van der Waals surface area contributed by atoms with E-state index < -0.39 is 0 Å². The Labute approximate surface area is 142 Å². The third-order valence-electron chi connectivity index (χ3n) is 4.43. The van der Waals surface area contributed by atoms with Crippen LogP contribution in [0.2, 0.25) is 0 Å². The second-order valence-corrected chi connectivity index (χ2v) is 6.34. The zero-order valence-electron chi connectivity index (χ0n) is 14.6. The van der Waals surface area contributed by atoms with Crippen molar-refractivity contribution in [3.8, 4) is 0 Å². The summed E-state index contributed by atoms with van der Waals surface area (Å²) in [6.07, 6.45) is 5.39. The second-order valence-electron chi connectivity index (χ2n) is 6.34. The summed E-state index contributed by atoms with van der Waals surface area (Å²) >= 11 is 0. The number of anilines is 2. The molecule has 7 nitrogen and oxygen atoms in total. The van der Waals surface area contributed by atoms with Gasteiger partial charge in [0.1, 0.15) is 5.82 Å². The Kier molecular flexibility index (Phi) is 5.01. The summed E-state index contributed by atoms with van der Waals surface area (Å²) in [6, 6.07) is 4.36. The molecule has 7 heteroatoms. The Morgan fingerprint density at radius 1 is 1.38 bits per heavy atom. The lowest BCUT2D eigenvalue weighted by Crippen LogP contribution is -2.41. The minimum Gasteiger partial charge on any atom is -0.472 e. The van der Waals surface area contributed by atoms with Crippen molar-refractivity contribution >= 4 is 11.8 Å². The molecule has 1 saturated heterocycles. The molecule has 1 fully saturated rings. The van der Waals surface area contributed by atoms with Crippen LogP contribution in [0.5, 0.6) is 0 Å². The van der Waals surface area contributed by atoms with Crippen LogP contribution < -0.4 is 15.1 Å². The van der Waals surface area contributed by atoms with Gasteiger partial charge in [0, 0.05) is 52.1 Å². The number of hydrogen-bond acceptors (Lipinski definition) is 7. The summed E-state index contributed by atoms with van der Waals surface area (Å²) in [6.45, 7) is 3.77.